The Labute approximate surface area is 188 Å². The first-order valence-corrected chi connectivity index (χ1v) is 11.5. The number of aryl methyl sites for hydroxylation is 1. The summed E-state index contributed by atoms with van der Waals surface area (Å²) in [4.78, 5) is 19.0. The fourth-order valence-corrected chi connectivity index (χ4v) is 5.17. The van der Waals surface area contributed by atoms with Gasteiger partial charge in [0.15, 0.2) is 5.82 Å². The second-order valence-electron chi connectivity index (χ2n) is 9.14. The zero-order chi connectivity index (χ0) is 21.5. The molecule has 4 aromatic rings. The summed E-state index contributed by atoms with van der Waals surface area (Å²) in [5.41, 5.74) is 8.80. The van der Waals surface area contributed by atoms with Crippen molar-refractivity contribution in [2.45, 2.75) is 44.6 Å². The van der Waals surface area contributed by atoms with Crippen LogP contribution in [-0.4, -0.2) is 26.5 Å². The molecular weight excluding hydrogens is 394 g/mol. The number of anilines is 1. The van der Waals surface area contributed by atoms with E-state index in [9.17, 15) is 0 Å². The number of benzene rings is 2. The summed E-state index contributed by atoms with van der Waals surface area (Å²) in [5, 5.41) is 0. The summed E-state index contributed by atoms with van der Waals surface area (Å²) in [7, 11) is 0. The molecule has 2 aromatic carbocycles. The lowest BCUT2D eigenvalue weighted by Gasteiger charge is -2.43. The molecule has 0 atom stereocenters. The van der Waals surface area contributed by atoms with Crippen LogP contribution in [-0.2, 0) is 18.4 Å². The zero-order valence-electron chi connectivity index (χ0n) is 18.4. The molecule has 160 valence electrons. The number of nitrogens with zero attached hydrogens (tertiary/aromatic N) is 4. The van der Waals surface area contributed by atoms with Crippen molar-refractivity contribution >= 4 is 5.69 Å². The summed E-state index contributed by atoms with van der Waals surface area (Å²) < 4.78 is 0. The highest BCUT2D eigenvalue weighted by Crippen LogP contribution is 2.49. The lowest BCUT2D eigenvalue weighted by molar-refractivity contribution is 0.301. The Hall–Kier alpha value is -3.47. The fraction of sp³-hybridized carbons (Fsp3) is 0.296. The van der Waals surface area contributed by atoms with Crippen molar-refractivity contribution in [1.29, 1.82) is 0 Å². The highest BCUT2D eigenvalue weighted by atomic mass is 15.1. The van der Waals surface area contributed by atoms with Crippen molar-refractivity contribution in [3.8, 4) is 11.5 Å². The largest absolute Gasteiger partial charge is 0.365 e. The van der Waals surface area contributed by atoms with E-state index >= 15 is 0 Å². The number of aromatic amines is 1. The first-order valence-electron chi connectivity index (χ1n) is 11.5. The summed E-state index contributed by atoms with van der Waals surface area (Å²) >= 11 is 0. The lowest BCUT2D eigenvalue weighted by atomic mass is 9.60. The van der Waals surface area contributed by atoms with Gasteiger partial charge in [0.2, 0.25) is 0 Å². The van der Waals surface area contributed by atoms with Crippen LogP contribution in [0.3, 0.4) is 0 Å². The van der Waals surface area contributed by atoms with Crippen LogP contribution in [0.15, 0.2) is 67.3 Å². The average Bonchev–Trinajstić information content (AvgIpc) is 3.34. The van der Waals surface area contributed by atoms with Gasteiger partial charge in [-0.25, -0.2) is 15.0 Å². The Balaban J connectivity index is 1.25. The van der Waals surface area contributed by atoms with Crippen LogP contribution in [0.4, 0.5) is 5.69 Å². The highest BCUT2D eigenvalue weighted by molar-refractivity contribution is 5.54. The Kier molecular flexibility index (Phi) is 4.56. The van der Waals surface area contributed by atoms with Gasteiger partial charge < -0.3 is 9.88 Å². The maximum Gasteiger partial charge on any atom is 0.180 e. The molecule has 2 aromatic heterocycles. The van der Waals surface area contributed by atoms with Crippen LogP contribution < -0.4 is 4.90 Å². The molecule has 0 bridgehead atoms. The average molecular weight is 422 g/mol. The first kappa shape index (κ1) is 19.2. The van der Waals surface area contributed by atoms with Crippen LogP contribution in [0, 0.1) is 6.92 Å². The maximum atomic E-state index is 4.82. The molecule has 1 aliphatic carbocycles. The van der Waals surface area contributed by atoms with Crippen LogP contribution >= 0.6 is 0 Å². The number of nitrogens with one attached hydrogen (secondary N) is 1. The molecule has 6 rings (SSSR count). The number of aromatic nitrogens is 4. The first-order chi connectivity index (χ1) is 15.7. The molecule has 2 aliphatic rings. The van der Waals surface area contributed by atoms with Gasteiger partial charge in [-0.15, -0.1) is 0 Å². The Bertz CT molecular complexity index is 1220. The minimum absolute atomic E-state index is 0.187. The predicted octanol–water partition coefficient (Wildman–Crippen LogP) is 5.21. The molecule has 5 heteroatoms. The van der Waals surface area contributed by atoms with Crippen LogP contribution in [0.2, 0.25) is 0 Å². The van der Waals surface area contributed by atoms with E-state index < -0.39 is 0 Å². The van der Waals surface area contributed by atoms with E-state index in [4.69, 9.17) is 4.98 Å². The van der Waals surface area contributed by atoms with E-state index in [1.807, 2.05) is 12.4 Å². The molecule has 0 radical (unpaired) electrons. The Morgan fingerprint density at radius 2 is 1.69 bits per heavy atom. The zero-order valence-corrected chi connectivity index (χ0v) is 18.4. The van der Waals surface area contributed by atoms with E-state index in [0.29, 0.717) is 5.82 Å². The van der Waals surface area contributed by atoms with Gasteiger partial charge in [0.25, 0.3) is 0 Å². The third-order valence-corrected chi connectivity index (χ3v) is 7.27. The summed E-state index contributed by atoms with van der Waals surface area (Å²) in [6, 6.07) is 18.4. The van der Waals surface area contributed by atoms with Gasteiger partial charge in [0.1, 0.15) is 5.69 Å². The minimum Gasteiger partial charge on any atom is -0.365 e. The van der Waals surface area contributed by atoms with E-state index in [1.54, 1.807) is 6.33 Å². The third kappa shape index (κ3) is 3.20. The van der Waals surface area contributed by atoms with Crippen molar-refractivity contribution in [3.05, 3.63) is 95.2 Å². The van der Waals surface area contributed by atoms with Gasteiger partial charge in [-0.1, -0.05) is 48.4 Å². The number of imidazole rings is 1. The monoisotopic (exact) mass is 421 g/mol. The van der Waals surface area contributed by atoms with Crippen molar-refractivity contribution < 1.29 is 0 Å². The molecule has 1 saturated carbocycles. The molecule has 1 N–H and O–H groups in total. The van der Waals surface area contributed by atoms with Gasteiger partial charge in [-0.3, -0.25) is 0 Å². The summed E-state index contributed by atoms with van der Waals surface area (Å²) in [6.07, 6.45) is 10.2. The van der Waals surface area contributed by atoms with Crippen LogP contribution in [0.1, 0.15) is 47.2 Å². The fourth-order valence-electron chi connectivity index (χ4n) is 5.17. The van der Waals surface area contributed by atoms with Gasteiger partial charge in [-0.2, -0.15) is 0 Å². The number of fused-ring (bicyclic) bond motifs is 1. The molecule has 3 heterocycles. The quantitative estimate of drug-likeness (QED) is 0.492. The molecule has 32 heavy (non-hydrogen) atoms. The molecule has 1 aliphatic heterocycles. The lowest BCUT2D eigenvalue weighted by Crippen LogP contribution is -2.35. The van der Waals surface area contributed by atoms with E-state index in [0.717, 1.165) is 30.9 Å². The molecular formula is C27H27N5. The second kappa shape index (κ2) is 7.59. The third-order valence-electron chi connectivity index (χ3n) is 7.27. The molecule has 0 amide bonds. The minimum atomic E-state index is 0.187. The Morgan fingerprint density at radius 1 is 0.938 bits per heavy atom. The SMILES string of the molecule is Cc1ccc(C2(c3ccc(N4CCc5cnc(-c6c[nH]cn6)nc5C4)cc3)CCC2)cc1. The number of rotatable bonds is 4. The Morgan fingerprint density at radius 3 is 2.34 bits per heavy atom. The summed E-state index contributed by atoms with van der Waals surface area (Å²) in [5.74, 6) is 0.687. The normalized spacial score (nSPS) is 17.0. The molecule has 0 spiro atoms. The van der Waals surface area contributed by atoms with Crippen LogP contribution in [0.5, 0.6) is 0 Å². The van der Waals surface area contributed by atoms with Crippen molar-refractivity contribution in [2.24, 2.45) is 0 Å². The number of hydrogen-bond donors (Lipinski definition) is 1. The van der Waals surface area contributed by atoms with E-state index in [-0.39, 0.29) is 5.41 Å². The van der Waals surface area contributed by atoms with Crippen molar-refractivity contribution in [2.75, 3.05) is 11.4 Å². The van der Waals surface area contributed by atoms with Gasteiger partial charge >= 0.3 is 0 Å². The highest BCUT2D eigenvalue weighted by Gasteiger charge is 2.40. The smallest absolute Gasteiger partial charge is 0.180 e. The van der Waals surface area contributed by atoms with Crippen molar-refractivity contribution in [1.82, 2.24) is 19.9 Å². The predicted molar refractivity (Wildman–Crippen MR) is 127 cm³/mol. The van der Waals surface area contributed by atoms with E-state index in [1.165, 1.54) is 47.2 Å². The maximum absolute atomic E-state index is 4.82. The second-order valence-corrected chi connectivity index (χ2v) is 9.14. The number of hydrogen-bond acceptors (Lipinski definition) is 4. The molecule has 0 saturated heterocycles. The molecule has 1 fully saturated rings. The summed E-state index contributed by atoms with van der Waals surface area (Å²) in [6.45, 7) is 3.95. The number of H-pyrrole nitrogens is 1. The van der Waals surface area contributed by atoms with Crippen molar-refractivity contribution in [3.63, 3.8) is 0 Å². The van der Waals surface area contributed by atoms with E-state index in [2.05, 4.69) is 75.3 Å². The topological polar surface area (TPSA) is 57.7 Å². The van der Waals surface area contributed by atoms with Crippen LogP contribution in [0.25, 0.3) is 11.5 Å². The van der Waals surface area contributed by atoms with Gasteiger partial charge in [0.05, 0.1) is 18.6 Å². The van der Waals surface area contributed by atoms with Gasteiger partial charge in [-0.05, 0) is 55.0 Å². The molecule has 0 unspecified atom stereocenters. The van der Waals surface area contributed by atoms with Gasteiger partial charge in [0, 0.05) is 30.0 Å². The standard InChI is InChI=1S/C27H27N5/c1-19-3-5-21(6-4-19)27(12-2-13-27)22-7-9-23(10-8-22)32-14-11-20-15-29-26(31-25(20)17-32)24-16-28-18-30-24/h3-10,15-16,18H,2,11-14,17H2,1H3,(H,28,30). The molecule has 5 nitrogen and oxygen atoms in total.